The number of benzene rings is 2. The predicted octanol–water partition coefficient (Wildman–Crippen LogP) is 4.68. The van der Waals surface area contributed by atoms with Gasteiger partial charge < -0.3 is 15.0 Å². The lowest BCUT2D eigenvalue weighted by Gasteiger charge is -2.38. The third-order valence-electron chi connectivity index (χ3n) is 5.62. The van der Waals surface area contributed by atoms with Crippen molar-refractivity contribution in [3.05, 3.63) is 53.1 Å². The standard InChI is InChI=1S/C24H35N3O3S/c1-16(2)31(28,29)26-22-9-7-21(8-10-22)13-25-23-11-18(4)24(12-17(23)3)27-14-19(5)30-20(6)15-27/h7-12,16,19-20,25-26H,13-15H2,1-6H3/t19-,20+. The Morgan fingerprint density at radius 1 is 1.03 bits per heavy atom. The van der Waals surface area contributed by atoms with Crippen LogP contribution in [-0.2, 0) is 21.3 Å². The third kappa shape index (κ3) is 5.92. The summed E-state index contributed by atoms with van der Waals surface area (Å²) in [5.74, 6) is 0. The predicted molar refractivity (Wildman–Crippen MR) is 130 cm³/mol. The van der Waals surface area contributed by atoms with E-state index in [1.807, 2.05) is 12.1 Å². The minimum Gasteiger partial charge on any atom is -0.381 e. The van der Waals surface area contributed by atoms with Gasteiger partial charge in [-0.15, -0.1) is 0 Å². The molecule has 1 aliphatic rings. The number of nitrogens with zero attached hydrogens (tertiary/aromatic N) is 1. The van der Waals surface area contributed by atoms with E-state index in [0.717, 1.165) is 24.3 Å². The summed E-state index contributed by atoms with van der Waals surface area (Å²) in [7, 11) is -3.33. The van der Waals surface area contributed by atoms with Gasteiger partial charge in [0.05, 0.1) is 17.5 Å². The Labute approximate surface area is 187 Å². The lowest BCUT2D eigenvalue weighted by atomic mass is 10.1. The normalized spacial score (nSPS) is 19.5. The van der Waals surface area contributed by atoms with Gasteiger partial charge in [-0.05, 0) is 82.5 Å². The Balaban J connectivity index is 1.66. The van der Waals surface area contributed by atoms with Crippen LogP contribution in [0.2, 0.25) is 0 Å². The highest BCUT2D eigenvalue weighted by Gasteiger charge is 2.23. The van der Waals surface area contributed by atoms with Crippen molar-refractivity contribution in [1.82, 2.24) is 0 Å². The number of rotatable bonds is 7. The van der Waals surface area contributed by atoms with E-state index < -0.39 is 15.3 Å². The highest BCUT2D eigenvalue weighted by molar-refractivity contribution is 7.93. The van der Waals surface area contributed by atoms with E-state index in [1.54, 1.807) is 26.0 Å². The van der Waals surface area contributed by atoms with E-state index in [-0.39, 0.29) is 12.2 Å². The van der Waals surface area contributed by atoms with Gasteiger partial charge in [0.15, 0.2) is 0 Å². The van der Waals surface area contributed by atoms with Crippen LogP contribution in [0.25, 0.3) is 0 Å². The van der Waals surface area contributed by atoms with Crippen molar-refractivity contribution in [2.45, 2.75) is 65.5 Å². The molecule has 2 atom stereocenters. The van der Waals surface area contributed by atoms with Crippen molar-refractivity contribution in [1.29, 1.82) is 0 Å². The zero-order valence-electron chi connectivity index (χ0n) is 19.4. The Kier molecular flexibility index (Phi) is 7.17. The largest absolute Gasteiger partial charge is 0.381 e. The molecular weight excluding hydrogens is 410 g/mol. The van der Waals surface area contributed by atoms with Crippen LogP contribution < -0.4 is 14.9 Å². The van der Waals surface area contributed by atoms with E-state index >= 15 is 0 Å². The number of nitrogens with one attached hydrogen (secondary N) is 2. The van der Waals surface area contributed by atoms with Crippen LogP contribution in [0.5, 0.6) is 0 Å². The SMILES string of the molecule is Cc1cc(N2C[C@@H](C)O[C@@H](C)C2)c(C)cc1NCc1ccc(NS(=O)(=O)C(C)C)cc1. The average Bonchev–Trinajstić information content (AvgIpc) is 2.68. The van der Waals surface area contributed by atoms with Gasteiger partial charge in [0.25, 0.3) is 0 Å². The summed E-state index contributed by atoms with van der Waals surface area (Å²) in [5.41, 5.74) is 6.50. The molecule has 170 valence electrons. The van der Waals surface area contributed by atoms with Crippen LogP contribution in [0.1, 0.15) is 44.4 Å². The third-order valence-corrected chi connectivity index (χ3v) is 7.38. The van der Waals surface area contributed by atoms with Crippen molar-refractivity contribution in [2.24, 2.45) is 0 Å². The molecule has 3 rings (SSSR count). The van der Waals surface area contributed by atoms with Crippen molar-refractivity contribution < 1.29 is 13.2 Å². The summed E-state index contributed by atoms with van der Waals surface area (Å²) >= 11 is 0. The number of aryl methyl sites for hydroxylation is 2. The highest BCUT2D eigenvalue weighted by atomic mass is 32.2. The molecular formula is C24H35N3O3S. The van der Waals surface area contributed by atoms with Gasteiger partial charge in [0.1, 0.15) is 0 Å². The number of anilines is 3. The minimum absolute atomic E-state index is 0.231. The molecule has 7 heteroatoms. The molecule has 0 amide bonds. The smallest absolute Gasteiger partial charge is 0.235 e. The maximum atomic E-state index is 12.0. The Hall–Kier alpha value is -2.25. The van der Waals surface area contributed by atoms with Gasteiger partial charge >= 0.3 is 0 Å². The molecule has 0 aromatic heterocycles. The summed E-state index contributed by atoms with van der Waals surface area (Å²) < 4.78 is 32.5. The maximum absolute atomic E-state index is 12.0. The molecule has 31 heavy (non-hydrogen) atoms. The number of hydrogen-bond acceptors (Lipinski definition) is 5. The van der Waals surface area contributed by atoms with Gasteiger partial charge in [-0.1, -0.05) is 12.1 Å². The maximum Gasteiger partial charge on any atom is 0.235 e. The van der Waals surface area contributed by atoms with Crippen LogP contribution >= 0.6 is 0 Å². The minimum atomic E-state index is -3.33. The molecule has 2 aromatic rings. The van der Waals surface area contributed by atoms with Crippen LogP contribution in [0, 0.1) is 13.8 Å². The summed E-state index contributed by atoms with van der Waals surface area (Å²) in [6.07, 6.45) is 0.462. The van der Waals surface area contributed by atoms with Crippen molar-refractivity contribution in [3.63, 3.8) is 0 Å². The van der Waals surface area contributed by atoms with Crippen LogP contribution in [0.3, 0.4) is 0 Å². The molecule has 1 saturated heterocycles. The Bertz CT molecular complexity index is 993. The Morgan fingerprint density at radius 2 is 1.65 bits per heavy atom. The molecule has 0 saturated carbocycles. The second-order valence-corrected chi connectivity index (χ2v) is 11.1. The molecule has 0 bridgehead atoms. The van der Waals surface area contributed by atoms with E-state index in [0.29, 0.717) is 12.2 Å². The average molecular weight is 446 g/mol. The number of ether oxygens (including phenoxy) is 1. The number of morpholine rings is 1. The fourth-order valence-electron chi connectivity index (χ4n) is 3.88. The first-order valence-electron chi connectivity index (χ1n) is 10.9. The summed E-state index contributed by atoms with van der Waals surface area (Å²) in [6, 6.07) is 12.0. The summed E-state index contributed by atoms with van der Waals surface area (Å²) in [5, 5.41) is 3.06. The van der Waals surface area contributed by atoms with E-state index in [1.165, 1.54) is 16.8 Å². The Morgan fingerprint density at radius 3 is 2.23 bits per heavy atom. The highest BCUT2D eigenvalue weighted by Crippen LogP contribution is 2.30. The molecule has 2 aromatic carbocycles. The van der Waals surface area contributed by atoms with E-state index in [4.69, 9.17) is 4.74 Å². The van der Waals surface area contributed by atoms with E-state index in [9.17, 15) is 8.42 Å². The molecule has 0 radical (unpaired) electrons. The van der Waals surface area contributed by atoms with Crippen molar-refractivity contribution in [2.75, 3.05) is 28.0 Å². The molecule has 0 aliphatic carbocycles. The lowest BCUT2D eigenvalue weighted by Crippen LogP contribution is -2.45. The number of sulfonamides is 1. The van der Waals surface area contributed by atoms with Crippen molar-refractivity contribution in [3.8, 4) is 0 Å². The molecule has 0 spiro atoms. The molecule has 1 fully saturated rings. The molecule has 1 heterocycles. The van der Waals surface area contributed by atoms with Crippen molar-refractivity contribution >= 4 is 27.1 Å². The summed E-state index contributed by atoms with van der Waals surface area (Å²) in [6.45, 7) is 14.3. The topological polar surface area (TPSA) is 70.7 Å². The monoisotopic (exact) mass is 445 g/mol. The first-order chi connectivity index (χ1) is 14.5. The quantitative estimate of drug-likeness (QED) is 0.648. The molecule has 6 nitrogen and oxygen atoms in total. The zero-order valence-corrected chi connectivity index (χ0v) is 20.2. The van der Waals surface area contributed by atoms with Gasteiger partial charge in [0, 0.05) is 36.7 Å². The first kappa shape index (κ1) is 23.4. The van der Waals surface area contributed by atoms with Crippen LogP contribution in [-0.4, -0.2) is 39.0 Å². The second kappa shape index (κ2) is 9.49. The molecule has 0 unspecified atom stereocenters. The molecule has 1 aliphatic heterocycles. The van der Waals surface area contributed by atoms with E-state index in [2.05, 4.69) is 54.8 Å². The van der Waals surface area contributed by atoms with Gasteiger partial charge in [-0.25, -0.2) is 8.42 Å². The van der Waals surface area contributed by atoms with Gasteiger partial charge in [-0.2, -0.15) is 0 Å². The lowest BCUT2D eigenvalue weighted by molar-refractivity contribution is -0.00524. The zero-order chi connectivity index (χ0) is 22.8. The van der Waals surface area contributed by atoms with Crippen LogP contribution in [0.15, 0.2) is 36.4 Å². The molecule has 2 N–H and O–H groups in total. The fourth-order valence-corrected chi connectivity index (χ4v) is 4.58. The number of hydrogen-bond donors (Lipinski definition) is 2. The van der Waals surface area contributed by atoms with Gasteiger partial charge in [0.2, 0.25) is 10.0 Å². The van der Waals surface area contributed by atoms with Gasteiger partial charge in [-0.3, -0.25) is 4.72 Å². The summed E-state index contributed by atoms with van der Waals surface area (Å²) in [4.78, 5) is 2.42. The fraction of sp³-hybridized carbons (Fsp3) is 0.500. The second-order valence-electron chi connectivity index (χ2n) is 8.86. The first-order valence-corrected chi connectivity index (χ1v) is 12.5. The van der Waals surface area contributed by atoms with Crippen LogP contribution in [0.4, 0.5) is 17.1 Å².